The van der Waals surface area contributed by atoms with Gasteiger partial charge in [-0.05, 0) is 0 Å². The largest absolute Gasteiger partial charge is 0.302 e. The summed E-state index contributed by atoms with van der Waals surface area (Å²) in [4.78, 5) is 0. The Morgan fingerprint density at radius 1 is 2.00 bits per heavy atom. The quantitative estimate of drug-likeness (QED) is 0.303. The van der Waals surface area contributed by atoms with Crippen molar-refractivity contribution in [2.24, 2.45) is 0 Å². The highest BCUT2D eigenvalue weighted by atomic mass is 32.1. The molecule has 24 valence electrons. The van der Waals surface area contributed by atoms with E-state index in [1.807, 2.05) is 0 Å². The maximum Gasteiger partial charge on any atom is 0.0630 e. The molecule has 0 aromatic rings. The first kappa shape index (κ1) is 2.54. The minimum Gasteiger partial charge on any atom is -0.302 e. The van der Waals surface area contributed by atoms with Crippen molar-refractivity contribution >= 4 is 12.6 Å². The summed E-state index contributed by atoms with van der Waals surface area (Å²) >= 11 is 3.97. The van der Waals surface area contributed by atoms with Gasteiger partial charge in [-0.1, -0.05) is 0 Å². The fourth-order valence-corrected chi connectivity index (χ4v) is 0.158. The number of thiol groups is 1. The van der Waals surface area contributed by atoms with Gasteiger partial charge < -0.3 is 5.32 Å². The molecule has 0 saturated carbocycles. The molecular weight excluding hydrogens is 70.1 g/mol. The topological polar surface area (TPSA) is 21.9 Å². The molecule has 0 amide bonds. The molecule has 0 radical (unpaired) electrons. The monoisotopic (exact) mass is 75.0 g/mol. The van der Waals surface area contributed by atoms with Gasteiger partial charge in [0.1, 0.15) is 0 Å². The van der Waals surface area contributed by atoms with Crippen LogP contribution in [0.3, 0.4) is 0 Å². The molecule has 0 bridgehead atoms. The Morgan fingerprint density at radius 2 is 2.25 bits per heavy atom. The summed E-state index contributed by atoms with van der Waals surface area (Å²) in [6, 6.07) is 0. The second-order valence-corrected chi connectivity index (χ2v) is 1.55. The predicted molar refractivity (Wildman–Crippen MR) is 20.8 cm³/mol. The molecule has 0 aromatic heterocycles. The van der Waals surface area contributed by atoms with E-state index in [0.717, 1.165) is 6.54 Å². The first-order chi connectivity index (χ1) is 1.89. The van der Waals surface area contributed by atoms with Crippen molar-refractivity contribution in [1.29, 1.82) is 0 Å². The highest BCUT2D eigenvalue weighted by molar-refractivity contribution is 7.81. The lowest BCUT2D eigenvalue weighted by Gasteiger charge is -1.53. The maximum absolute atomic E-state index is 3.97. The van der Waals surface area contributed by atoms with Crippen molar-refractivity contribution in [3.05, 3.63) is 0 Å². The zero-order chi connectivity index (χ0) is 2.99. The van der Waals surface area contributed by atoms with Gasteiger partial charge in [-0.2, -0.15) is 12.6 Å². The summed E-state index contributed by atoms with van der Waals surface area (Å²) in [6.07, 6.45) is 0. The van der Waals surface area contributed by atoms with E-state index < -0.39 is 0 Å². The van der Waals surface area contributed by atoms with Crippen LogP contribution in [-0.2, 0) is 0 Å². The van der Waals surface area contributed by atoms with Crippen LogP contribution in [0.1, 0.15) is 0 Å². The van der Waals surface area contributed by atoms with E-state index in [0.29, 0.717) is 5.37 Å². The maximum atomic E-state index is 3.97. The summed E-state index contributed by atoms with van der Waals surface area (Å²) in [5.74, 6) is 0. The van der Waals surface area contributed by atoms with Gasteiger partial charge in [0, 0.05) is 6.54 Å². The highest BCUT2D eigenvalue weighted by Gasteiger charge is 2.11. The smallest absolute Gasteiger partial charge is 0.0630 e. The molecule has 1 atom stereocenters. The molecule has 1 N–H and O–H groups in total. The lowest BCUT2D eigenvalue weighted by Crippen LogP contribution is -1.67. The molecular formula is C2H5NS. The number of hydrogen-bond donors (Lipinski definition) is 2. The van der Waals surface area contributed by atoms with Gasteiger partial charge in [0.2, 0.25) is 0 Å². The molecule has 1 fully saturated rings. The Bertz CT molecular complexity index is 25.2. The van der Waals surface area contributed by atoms with E-state index >= 15 is 0 Å². The van der Waals surface area contributed by atoms with Crippen LogP contribution in [0.25, 0.3) is 0 Å². The molecule has 1 aliphatic heterocycles. The molecule has 4 heavy (non-hydrogen) atoms. The van der Waals surface area contributed by atoms with Crippen LogP contribution in [-0.4, -0.2) is 11.9 Å². The van der Waals surface area contributed by atoms with E-state index in [1.54, 1.807) is 0 Å². The van der Waals surface area contributed by atoms with Crippen molar-refractivity contribution < 1.29 is 0 Å². The molecule has 1 nitrogen and oxygen atoms in total. The van der Waals surface area contributed by atoms with Gasteiger partial charge in [-0.3, -0.25) is 0 Å². The number of rotatable bonds is 0. The summed E-state index contributed by atoms with van der Waals surface area (Å²) < 4.78 is 0. The van der Waals surface area contributed by atoms with E-state index in [9.17, 15) is 0 Å². The standard InChI is InChI=1S/C2H5NS/c4-2-1-3-2/h2-4H,1H2. The van der Waals surface area contributed by atoms with Gasteiger partial charge in [-0.25, -0.2) is 0 Å². The first-order valence-electron chi connectivity index (χ1n) is 1.31. The normalized spacial score (nSPS) is 39.8. The molecule has 1 rings (SSSR count). The van der Waals surface area contributed by atoms with E-state index in [1.165, 1.54) is 0 Å². The minimum absolute atomic E-state index is 0.528. The Balaban J connectivity index is 2.17. The van der Waals surface area contributed by atoms with Crippen molar-refractivity contribution in [3.8, 4) is 0 Å². The predicted octanol–water partition coefficient (Wildman–Crippen LogP) is -0.155. The van der Waals surface area contributed by atoms with Crippen LogP contribution in [0.2, 0.25) is 0 Å². The zero-order valence-corrected chi connectivity index (χ0v) is 3.13. The molecule has 1 unspecified atom stereocenters. The van der Waals surface area contributed by atoms with Crippen molar-refractivity contribution in [1.82, 2.24) is 5.32 Å². The van der Waals surface area contributed by atoms with Gasteiger partial charge in [0.25, 0.3) is 0 Å². The van der Waals surface area contributed by atoms with Crippen molar-refractivity contribution in [2.45, 2.75) is 5.37 Å². The van der Waals surface area contributed by atoms with Crippen LogP contribution in [0.5, 0.6) is 0 Å². The van der Waals surface area contributed by atoms with Crippen LogP contribution in [0, 0.1) is 0 Å². The van der Waals surface area contributed by atoms with Crippen LogP contribution < -0.4 is 5.32 Å². The third-order valence-corrected chi connectivity index (χ3v) is 0.752. The second-order valence-electron chi connectivity index (χ2n) is 0.924. The SMILES string of the molecule is SC1CN1. The first-order valence-corrected chi connectivity index (χ1v) is 1.83. The Morgan fingerprint density at radius 3 is 2.25 bits per heavy atom. The van der Waals surface area contributed by atoms with Gasteiger partial charge >= 0.3 is 0 Å². The fraction of sp³-hybridized carbons (Fsp3) is 1.00. The number of nitrogens with one attached hydrogen (secondary N) is 1. The molecule has 1 saturated heterocycles. The Kier molecular flexibility index (Phi) is 0.398. The third-order valence-electron chi connectivity index (χ3n) is 0.387. The average Bonchev–Trinajstić information content (AvgIpc) is 1.75. The zero-order valence-electron chi connectivity index (χ0n) is 2.23. The van der Waals surface area contributed by atoms with Gasteiger partial charge in [0.15, 0.2) is 0 Å². The Labute approximate surface area is 30.8 Å². The molecule has 0 aliphatic carbocycles. The summed E-state index contributed by atoms with van der Waals surface area (Å²) in [5, 5.41) is 3.49. The fourth-order valence-electron chi connectivity index (χ4n) is 0.0527. The highest BCUT2D eigenvalue weighted by Crippen LogP contribution is 1.97. The lowest BCUT2D eigenvalue weighted by molar-refractivity contribution is 1.31. The molecule has 1 aliphatic rings. The van der Waals surface area contributed by atoms with Gasteiger partial charge in [-0.15, -0.1) is 0 Å². The van der Waals surface area contributed by atoms with Crippen LogP contribution in [0.4, 0.5) is 0 Å². The minimum atomic E-state index is 0.528. The lowest BCUT2D eigenvalue weighted by atomic mass is 11.0. The summed E-state index contributed by atoms with van der Waals surface area (Å²) in [6.45, 7) is 1.10. The average molecular weight is 75.1 g/mol. The van der Waals surface area contributed by atoms with Crippen molar-refractivity contribution in [3.63, 3.8) is 0 Å². The molecule has 0 spiro atoms. The molecule has 2 heteroatoms. The number of hydrogen-bond acceptors (Lipinski definition) is 2. The van der Waals surface area contributed by atoms with Crippen LogP contribution >= 0.6 is 12.6 Å². The second kappa shape index (κ2) is 0.626. The summed E-state index contributed by atoms with van der Waals surface area (Å²) in [7, 11) is 0. The third kappa shape index (κ3) is 0.362. The van der Waals surface area contributed by atoms with Crippen molar-refractivity contribution in [2.75, 3.05) is 6.54 Å². The molecule has 1 heterocycles. The van der Waals surface area contributed by atoms with Crippen LogP contribution in [0.15, 0.2) is 0 Å². The summed E-state index contributed by atoms with van der Waals surface area (Å²) in [5.41, 5.74) is 0. The van der Waals surface area contributed by atoms with Gasteiger partial charge in [0.05, 0.1) is 5.37 Å². The van der Waals surface area contributed by atoms with E-state index in [-0.39, 0.29) is 0 Å². The molecule has 0 aromatic carbocycles. The van der Waals surface area contributed by atoms with E-state index in [2.05, 4.69) is 17.9 Å². The Hall–Kier alpha value is 0.310. The van der Waals surface area contributed by atoms with E-state index in [4.69, 9.17) is 0 Å².